The number of aryl methyl sites for hydroxylation is 1. The van der Waals surface area contributed by atoms with E-state index in [1.807, 2.05) is 54.2 Å². The van der Waals surface area contributed by atoms with Crippen molar-refractivity contribution in [1.29, 1.82) is 0 Å². The zero-order valence-corrected chi connectivity index (χ0v) is 12.6. The third kappa shape index (κ3) is 2.79. The van der Waals surface area contributed by atoms with Crippen LogP contribution in [0.25, 0.3) is 5.69 Å². The van der Waals surface area contributed by atoms with Crippen molar-refractivity contribution in [2.75, 3.05) is 0 Å². The van der Waals surface area contributed by atoms with Gasteiger partial charge >= 0.3 is 0 Å². The van der Waals surface area contributed by atoms with Gasteiger partial charge in [0.1, 0.15) is 5.69 Å². The molecule has 112 valence electrons. The Labute approximate surface area is 129 Å². The third-order valence-electron chi connectivity index (χ3n) is 3.67. The SMILES string of the molecule is C[C@H](NC(=O)c1ccnn1C)c1cccc(-n2cccc2)c1. The first-order valence-corrected chi connectivity index (χ1v) is 7.17. The molecule has 22 heavy (non-hydrogen) atoms. The molecule has 1 amide bonds. The molecule has 0 bridgehead atoms. The predicted octanol–water partition coefficient (Wildman–Crippen LogP) is 2.70. The lowest BCUT2D eigenvalue weighted by Gasteiger charge is -2.15. The Bertz CT molecular complexity index is 774. The minimum absolute atomic E-state index is 0.0853. The number of aromatic nitrogens is 3. The van der Waals surface area contributed by atoms with Crippen LogP contribution in [0.5, 0.6) is 0 Å². The quantitative estimate of drug-likeness (QED) is 0.804. The Kier molecular flexibility index (Phi) is 3.78. The number of nitrogens with zero attached hydrogens (tertiary/aromatic N) is 3. The second kappa shape index (κ2) is 5.89. The number of rotatable bonds is 4. The fourth-order valence-corrected chi connectivity index (χ4v) is 2.41. The average molecular weight is 294 g/mol. The van der Waals surface area contributed by atoms with Crippen molar-refractivity contribution in [1.82, 2.24) is 19.7 Å². The first-order valence-electron chi connectivity index (χ1n) is 7.17. The highest BCUT2D eigenvalue weighted by atomic mass is 16.2. The molecule has 0 spiro atoms. The molecule has 5 nitrogen and oxygen atoms in total. The van der Waals surface area contributed by atoms with Gasteiger partial charge in [0.15, 0.2) is 0 Å². The van der Waals surface area contributed by atoms with E-state index in [2.05, 4.69) is 16.5 Å². The molecule has 0 aliphatic heterocycles. The Balaban J connectivity index is 1.78. The van der Waals surface area contributed by atoms with Gasteiger partial charge in [0, 0.05) is 31.3 Å². The number of nitrogens with one attached hydrogen (secondary N) is 1. The van der Waals surface area contributed by atoms with E-state index in [0.717, 1.165) is 11.3 Å². The predicted molar refractivity (Wildman–Crippen MR) is 84.9 cm³/mol. The van der Waals surface area contributed by atoms with Crippen LogP contribution in [0.2, 0.25) is 0 Å². The zero-order valence-electron chi connectivity index (χ0n) is 12.6. The molecule has 0 saturated carbocycles. The number of carbonyl (C=O) groups is 1. The number of hydrogen-bond acceptors (Lipinski definition) is 2. The number of amides is 1. The largest absolute Gasteiger partial charge is 0.344 e. The zero-order chi connectivity index (χ0) is 15.5. The van der Waals surface area contributed by atoms with Gasteiger partial charge in [-0.25, -0.2) is 0 Å². The van der Waals surface area contributed by atoms with Crippen LogP contribution in [0.15, 0.2) is 61.1 Å². The van der Waals surface area contributed by atoms with Gasteiger partial charge < -0.3 is 9.88 Å². The maximum atomic E-state index is 12.2. The first kappa shape index (κ1) is 14.1. The summed E-state index contributed by atoms with van der Waals surface area (Å²) in [5.41, 5.74) is 2.68. The summed E-state index contributed by atoms with van der Waals surface area (Å²) >= 11 is 0. The summed E-state index contributed by atoms with van der Waals surface area (Å²) in [6.45, 7) is 1.98. The Morgan fingerprint density at radius 2 is 1.95 bits per heavy atom. The summed E-state index contributed by atoms with van der Waals surface area (Å²) < 4.78 is 3.61. The second-order valence-electron chi connectivity index (χ2n) is 5.22. The lowest BCUT2D eigenvalue weighted by atomic mass is 10.1. The molecule has 0 fully saturated rings. The number of benzene rings is 1. The van der Waals surface area contributed by atoms with Crippen LogP contribution in [0.4, 0.5) is 0 Å². The molecular weight excluding hydrogens is 276 g/mol. The maximum absolute atomic E-state index is 12.2. The fourth-order valence-electron chi connectivity index (χ4n) is 2.41. The van der Waals surface area contributed by atoms with Crippen LogP contribution in [0.3, 0.4) is 0 Å². The van der Waals surface area contributed by atoms with Crippen molar-refractivity contribution in [2.45, 2.75) is 13.0 Å². The standard InChI is InChI=1S/C17H18N4O/c1-13(19-17(22)16-8-9-18-20(16)2)14-6-5-7-15(12-14)21-10-3-4-11-21/h3-13H,1-2H3,(H,19,22)/t13-/m0/s1. The first-order chi connectivity index (χ1) is 10.6. The summed E-state index contributed by atoms with van der Waals surface area (Å²) in [5.74, 6) is -0.126. The van der Waals surface area contributed by atoms with Crippen LogP contribution in [0.1, 0.15) is 29.0 Å². The molecule has 0 saturated heterocycles. The molecule has 0 aliphatic carbocycles. The summed E-state index contributed by atoms with van der Waals surface area (Å²) in [5, 5.41) is 7.02. The average Bonchev–Trinajstić information content (AvgIpc) is 3.18. The van der Waals surface area contributed by atoms with Gasteiger partial charge in [0.05, 0.1) is 6.04 Å². The lowest BCUT2D eigenvalue weighted by Crippen LogP contribution is -2.28. The molecule has 2 heterocycles. The lowest BCUT2D eigenvalue weighted by molar-refractivity contribution is 0.0930. The van der Waals surface area contributed by atoms with Gasteiger partial charge in [0.25, 0.3) is 5.91 Å². The molecule has 5 heteroatoms. The summed E-state index contributed by atoms with van der Waals surface area (Å²) in [6.07, 6.45) is 5.61. The molecule has 3 aromatic rings. The van der Waals surface area contributed by atoms with E-state index in [1.54, 1.807) is 24.0 Å². The highest BCUT2D eigenvalue weighted by Gasteiger charge is 2.14. The van der Waals surface area contributed by atoms with E-state index >= 15 is 0 Å². The summed E-state index contributed by atoms with van der Waals surface area (Å²) in [7, 11) is 1.76. The summed E-state index contributed by atoms with van der Waals surface area (Å²) in [4.78, 5) is 12.2. The molecule has 3 rings (SSSR count). The maximum Gasteiger partial charge on any atom is 0.270 e. The van der Waals surface area contributed by atoms with Gasteiger partial charge in [-0.1, -0.05) is 12.1 Å². The van der Waals surface area contributed by atoms with Crippen molar-refractivity contribution < 1.29 is 4.79 Å². The molecular formula is C17H18N4O. The van der Waals surface area contributed by atoms with Crippen LogP contribution in [-0.4, -0.2) is 20.3 Å². The van der Waals surface area contributed by atoms with E-state index in [0.29, 0.717) is 5.69 Å². The highest BCUT2D eigenvalue weighted by Crippen LogP contribution is 2.17. The number of carbonyl (C=O) groups excluding carboxylic acids is 1. The monoisotopic (exact) mass is 294 g/mol. The minimum Gasteiger partial charge on any atom is -0.344 e. The Morgan fingerprint density at radius 3 is 2.64 bits per heavy atom. The van der Waals surface area contributed by atoms with E-state index in [4.69, 9.17) is 0 Å². The third-order valence-corrected chi connectivity index (χ3v) is 3.67. The van der Waals surface area contributed by atoms with Crippen LogP contribution >= 0.6 is 0 Å². The van der Waals surface area contributed by atoms with Crippen LogP contribution < -0.4 is 5.32 Å². The van der Waals surface area contributed by atoms with E-state index in [9.17, 15) is 4.79 Å². The van der Waals surface area contributed by atoms with Crippen LogP contribution in [0, 0.1) is 0 Å². The Morgan fingerprint density at radius 1 is 1.18 bits per heavy atom. The van der Waals surface area contributed by atoms with Gasteiger partial charge in [-0.2, -0.15) is 5.10 Å². The van der Waals surface area contributed by atoms with Gasteiger partial charge in [-0.3, -0.25) is 9.48 Å². The molecule has 1 atom stereocenters. The van der Waals surface area contributed by atoms with Crippen molar-refractivity contribution >= 4 is 5.91 Å². The van der Waals surface area contributed by atoms with E-state index in [-0.39, 0.29) is 11.9 Å². The van der Waals surface area contributed by atoms with Crippen molar-refractivity contribution in [3.63, 3.8) is 0 Å². The van der Waals surface area contributed by atoms with Gasteiger partial charge in [0.2, 0.25) is 0 Å². The Hall–Kier alpha value is -2.82. The molecule has 2 aromatic heterocycles. The molecule has 0 unspecified atom stereocenters. The van der Waals surface area contributed by atoms with E-state index in [1.165, 1.54) is 0 Å². The van der Waals surface area contributed by atoms with Crippen molar-refractivity contribution in [2.24, 2.45) is 7.05 Å². The van der Waals surface area contributed by atoms with Crippen LogP contribution in [-0.2, 0) is 7.05 Å². The molecule has 0 aliphatic rings. The van der Waals surface area contributed by atoms with Gasteiger partial charge in [-0.15, -0.1) is 0 Å². The smallest absolute Gasteiger partial charge is 0.270 e. The fraction of sp³-hybridized carbons (Fsp3) is 0.176. The topological polar surface area (TPSA) is 51.9 Å². The van der Waals surface area contributed by atoms with Crippen molar-refractivity contribution in [3.8, 4) is 5.69 Å². The molecule has 1 N–H and O–H groups in total. The summed E-state index contributed by atoms with van der Waals surface area (Å²) in [6, 6.07) is 13.7. The highest BCUT2D eigenvalue weighted by molar-refractivity contribution is 5.92. The normalized spacial score (nSPS) is 12.1. The second-order valence-corrected chi connectivity index (χ2v) is 5.22. The van der Waals surface area contributed by atoms with Crippen molar-refractivity contribution in [3.05, 3.63) is 72.3 Å². The minimum atomic E-state index is -0.126. The van der Waals surface area contributed by atoms with E-state index < -0.39 is 0 Å². The molecule has 0 radical (unpaired) electrons. The number of hydrogen-bond donors (Lipinski definition) is 1. The molecule has 1 aromatic carbocycles. The van der Waals surface area contributed by atoms with Gasteiger partial charge in [-0.05, 0) is 42.8 Å².